The number of hydrogen-bond donors (Lipinski definition) is 0. The van der Waals surface area contributed by atoms with E-state index in [2.05, 4.69) is 197 Å². The molecule has 3 aliphatic rings. The molecule has 0 amide bonds. The van der Waals surface area contributed by atoms with Crippen LogP contribution in [0.15, 0.2) is 101 Å². The normalized spacial score (nSPS) is 15.7. The van der Waals surface area contributed by atoms with Gasteiger partial charge in [0, 0.05) is 46.4 Å². The van der Waals surface area contributed by atoms with Crippen LogP contribution in [-0.4, -0.2) is 30.8 Å². The minimum absolute atomic E-state index is 0.0798. The van der Waals surface area contributed by atoms with E-state index in [9.17, 15) is 0 Å². The summed E-state index contributed by atoms with van der Waals surface area (Å²) in [6.07, 6.45) is 1.02. The molecule has 0 spiro atoms. The number of aliphatic imine (C=N–C) groups is 1. The third kappa shape index (κ3) is 8.73. The van der Waals surface area contributed by atoms with Gasteiger partial charge in [0.05, 0.1) is 30.3 Å². The van der Waals surface area contributed by atoms with Crippen LogP contribution in [0, 0.1) is 34.6 Å². The van der Waals surface area contributed by atoms with Gasteiger partial charge in [0.25, 0.3) is 0 Å². The van der Waals surface area contributed by atoms with Crippen molar-refractivity contribution in [1.82, 2.24) is 4.48 Å². The zero-order chi connectivity index (χ0) is 51.4. The van der Waals surface area contributed by atoms with Crippen molar-refractivity contribution in [2.45, 2.75) is 152 Å². The fourth-order valence-corrected chi connectivity index (χ4v) is 11.0. The first-order chi connectivity index (χ1) is 33.2. The van der Waals surface area contributed by atoms with E-state index >= 15 is 8.63 Å². The number of hydrogen-bond acceptors (Lipinski definition) is 3. The van der Waals surface area contributed by atoms with Gasteiger partial charge in [-0.25, -0.2) is 4.99 Å². The van der Waals surface area contributed by atoms with Crippen molar-refractivity contribution in [2.75, 3.05) is 13.2 Å². The van der Waals surface area contributed by atoms with Crippen molar-refractivity contribution in [3.63, 3.8) is 0 Å². The molecule has 3 aliphatic heterocycles. The number of aromatic nitrogens is 1. The third-order valence-electron chi connectivity index (χ3n) is 15.8. The molecule has 7 heteroatoms. The standard InChI is InChI=1S/C64H73BF2N2O2/c1-36-37(2)39(4)53(40(5)38(36)3)56(58-54(41-18-22-43(23-19-41)61(6,7)8)49-30-32-70-51-34-45(63(12,13)14)26-28-47(51)57(49)68-58)60-55(42-20-24-44(25-21-42)62(9,10)11)50-31-33-71-52-35-46(64(15,16)17)27-29-48(52)59(50)69(60)65(66)67/h18-29,34-35H,30-33H2,1-17H3/b58-56-. The molecule has 0 fully saturated rings. The van der Waals surface area contributed by atoms with Crippen LogP contribution in [0.25, 0.3) is 33.5 Å². The molecule has 0 radical (unpaired) electrons. The van der Waals surface area contributed by atoms with Gasteiger partial charge < -0.3 is 14.0 Å². The molecule has 0 unspecified atom stereocenters. The van der Waals surface area contributed by atoms with Crippen molar-refractivity contribution in [3.05, 3.63) is 174 Å². The summed E-state index contributed by atoms with van der Waals surface area (Å²) in [5, 5.41) is 0. The van der Waals surface area contributed by atoms with Crippen LogP contribution >= 0.6 is 0 Å². The first kappa shape index (κ1) is 50.0. The van der Waals surface area contributed by atoms with Gasteiger partial charge in [0.1, 0.15) is 11.5 Å². The van der Waals surface area contributed by atoms with E-state index in [1.54, 1.807) is 0 Å². The summed E-state index contributed by atoms with van der Waals surface area (Å²) in [5.41, 5.74) is 21.0. The van der Waals surface area contributed by atoms with Crippen LogP contribution in [-0.2, 0) is 28.1 Å². The number of halogens is 2. The molecule has 0 atom stereocenters. The SMILES string of the molecule is Cc1c(C)c(C)c(/C(=C2/N=C3C(=C2c2ccc(C(C)(C)C)cc2)CCOc2cc(C(C)(C)C)ccc23)c2c(-c3ccc(C(C)(C)C)cc3)c3c(n2B(F)F)-c2ccc(C(C)(C)C)cc2OCC3)c(C)c1C. The van der Waals surface area contributed by atoms with E-state index in [1.807, 2.05) is 6.07 Å². The van der Waals surface area contributed by atoms with E-state index in [1.165, 1.54) is 26.7 Å². The predicted molar refractivity (Wildman–Crippen MR) is 295 cm³/mol. The molecule has 0 bridgehead atoms. The molecule has 9 rings (SSSR count). The number of benzene rings is 5. The highest BCUT2D eigenvalue weighted by Gasteiger charge is 2.41. The summed E-state index contributed by atoms with van der Waals surface area (Å²) in [4.78, 5) is 5.90. The van der Waals surface area contributed by atoms with Gasteiger partial charge in [-0.2, -0.15) is 0 Å². The van der Waals surface area contributed by atoms with E-state index in [-0.39, 0.29) is 21.7 Å². The molecule has 0 aliphatic carbocycles. The Balaban J connectivity index is 1.52. The molecule has 0 saturated heterocycles. The summed E-state index contributed by atoms with van der Waals surface area (Å²) in [5.74, 6) is 1.41. The van der Waals surface area contributed by atoms with E-state index in [0.29, 0.717) is 60.0 Å². The molecule has 0 saturated carbocycles. The highest BCUT2D eigenvalue weighted by molar-refractivity contribution is 6.43. The summed E-state index contributed by atoms with van der Waals surface area (Å²) >= 11 is 0. The minimum Gasteiger partial charge on any atom is -0.493 e. The maximum Gasteiger partial charge on any atom is 0.678 e. The molecule has 6 aromatic rings. The zero-order valence-electron chi connectivity index (χ0n) is 45.5. The molecule has 4 heterocycles. The van der Waals surface area contributed by atoms with Gasteiger partial charge in [0.2, 0.25) is 0 Å². The average molecular weight is 951 g/mol. The van der Waals surface area contributed by atoms with Crippen LogP contribution in [0.2, 0.25) is 0 Å². The van der Waals surface area contributed by atoms with Crippen LogP contribution < -0.4 is 9.47 Å². The quantitative estimate of drug-likeness (QED) is 0.161. The topological polar surface area (TPSA) is 35.8 Å². The molecular formula is C64H73BF2N2O2. The number of rotatable bonds is 5. The van der Waals surface area contributed by atoms with Crippen molar-refractivity contribution in [1.29, 1.82) is 0 Å². The molecular weight excluding hydrogens is 878 g/mol. The zero-order valence-corrected chi connectivity index (χ0v) is 45.5. The van der Waals surface area contributed by atoms with Gasteiger partial charge in [0.15, 0.2) is 0 Å². The summed E-state index contributed by atoms with van der Waals surface area (Å²) in [6.45, 7) is 38.1. The monoisotopic (exact) mass is 951 g/mol. The van der Waals surface area contributed by atoms with Gasteiger partial charge in [-0.1, -0.05) is 144 Å². The smallest absolute Gasteiger partial charge is 0.493 e. The summed E-state index contributed by atoms with van der Waals surface area (Å²) < 4.78 is 49.3. The van der Waals surface area contributed by atoms with E-state index in [0.717, 1.165) is 83.8 Å². The van der Waals surface area contributed by atoms with Crippen molar-refractivity contribution in [2.24, 2.45) is 4.99 Å². The second-order valence-electron chi connectivity index (χ2n) is 24.5. The number of fused-ring (bicyclic) bond motifs is 6. The Bertz CT molecular complexity index is 3200. The minimum atomic E-state index is -2.93. The number of nitrogens with zero attached hydrogens (tertiary/aromatic N) is 2. The van der Waals surface area contributed by atoms with Gasteiger partial charge in [-0.3, -0.25) is 8.63 Å². The van der Waals surface area contributed by atoms with Crippen LogP contribution in [0.1, 0.15) is 168 Å². The lowest BCUT2D eigenvalue weighted by Crippen LogP contribution is -2.19. The van der Waals surface area contributed by atoms with Gasteiger partial charge in [-0.15, -0.1) is 0 Å². The second kappa shape index (κ2) is 17.7. The van der Waals surface area contributed by atoms with Crippen LogP contribution in [0.3, 0.4) is 0 Å². The Hall–Kier alpha value is -5.95. The Morgan fingerprint density at radius 3 is 1.46 bits per heavy atom. The van der Waals surface area contributed by atoms with Crippen LogP contribution in [0.5, 0.6) is 11.5 Å². The van der Waals surface area contributed by atoms with Gasteiger partial charge in [-0.05, 0) is 158 Å². The molecule has 5 aromatic carbocycles. The van der Waals surface area contributed by atoms with E-state index < -0.39 is 7.40 Å². The lowest BCUT2D eigenvalue weighted by molar-refractivity contribution is 0.325. The highest BCUT2D eigenvalue weighted by Crippen LogP contribution is 2.54. The fourth-order valence-electron chi connectivity index (χ4n) is 11.0. The largest absolute Gasteiger partial charge is 0.678 e. The molecule has 0 N–H and O–H groups in total. The lowest BCUT2D eigenvalue weighted by atomic mass is 9.80. The van der Waals surface area contributed by atoms with Crippen molar-refractivity contribution < 1.29 is 18.1 Å². The number of ether oxygens (including phenoxy) is 2. The molecule has 4 nitrogen and oxygen atoms in total. The molecule has 71 heavy (non-hydrogen) atoms. The third-order valence-corrected chi connectivity index (χ3v) is 15.8. The Labute approximate surface area is 423 Å². The second-order valence-corrected chi connectivity index (χ2v) is 24.5. The lowest BCUT2D eigenvalue weighted by Gasteiger charge is -2.26. The highest BCUT2D eigenvalue weighted by atomic mass is 19.2. The maximum absolute atomic E-state index is 17.3. The number of allylic oxidation sites excluding steroid dienone is 1. The fraction of sp³-hybridized carbons (Fsp3) is 0.391. The van der Waals surface area contributed by atoms with Gasteiger partial charge >= 0.3 is 7.40 Å². The summed E-state index contributed by atoms with van der Waals surface area (Å²) in [6, 6.07) is 30.2. The Kier molecular flexibility index (Phi) is 12.4. The summed E-state index contributed by atoms with van der Waals surface area (Å²) in [7, 11) is -2.93. The van der Waals surface area contributed by atoms with Crippen LogP contribution in [0.4, 0.5) is 8.63 Å². The molecule has 368 valence electrons. The Morgan fingerprint density at radius 2 is 0.972 bits per heavy atom. The first-order valence-electron chi connectivity index (χ1n) is 25.7. The maximum atomic E-state index is 17.3. The Morgan fingerprint density at radius 1 is 0.535 bits per heavy atom. The average Bonchev–Trinajstić information content (AvgIpc) is 3.69. The van der Waals surface area contributed by atoms with Crippen molar-refractivity contribution >= 4 is 24.3 Å². The van der Waals surface area contributed by atoms with Crippen molar-refractivity contribution in [3.8, 4) is 33.9 Å². The van der Waals surface area contributed by atoms with E-state index in [4.69, 9.17) is 14.5 Å². The predicted octanol–water partition coefficient (Wildman–Crippen LogP) is 16.8. The first-order valence-corrected chi connectivity index (χ1v) is 25.7. The molecule has 1 aromatic heterocycles.